The molecular formula is C17H36O. The summed E-state index contributed by atoms with van der Waals surface area (Å²) in [5, 5.41) is 0. The molecule has 18 heavy (non-hydrogen) atoms. The highest BCUT2D eigenvalue weighted by Gasteiger charge is 2.17. The summed E-state index contributed by atoms with van der Waals surface area (Å²) in [4.78, 5) is 0. The van der Waals surface area contributed by atoms with Gasteiger partial charge in [0.25, 0.3) is 0 Å². The Kier molecular flexibility index (Phi) is 10.8. The van der Waals surface area contributed by atoms with Crippen molar-refractivity contribution in [1.82, 2.24) is 0 Å². The van der Waals surface area contributed by atoms with E-state index < -0.39 is 0 Å². The predicted octanol–water partition coefficient (Wildman–Crippen LogP) is 5.83. The fourth-order valence-electron chi connectivity index (χ4n) is 2.45. The first-order chi connectivity index (χ1) is 8.52. The normalized spacial score (nSPS) is 13.8. The Labute approximate surface area is 116 Å². The maximum absolute atomic E-state index is 5.86. The van der Waals surface area contributed by atoms with Crippen LogP contribution in [0.2, 0.25) is 0 Å². The van der Waals surface area contributed by atoms with Crippen LogP contribution in [0.25, 0.3) is 0 Å². The molecule has 0 aromatic carbocycles. The molecule has 0 radical (unpaired) electrons. The van der Waals surface area contributed by atoms with Crippen molar-refractivity contribution < 1.29 is 4.74 Å². The SMILES string of the molecule is CCCCCC(C)(C)COCCCC(C)CCC. The van der Waals surface area contributed by atoms with Crippen LogP contribution in [0.3, 0.4) is 0 Å². The molecule has 0 aromatic heterocycles. The van der Waals surface area contributed by atoms with Crippen LogP contribution in [-0.4, -0.2) is 13.2 Å². The lowest BCUT2D eigenvalue weighted by Crippen LogP contribution is -2.19. The molecule has 0 bridgehead atoms. The predicted molar refractivity (Wildman–Crippen MR) is 82.0 cm³/mol. The van der Waals surface area contributed by atoms with Crippen molar-refractivity contribution in [3.63, 3.8) is 0 Å². The Balaban J connectivity index is 3.46. The molecule has 0 amide bonds. The largest absolute Gasteiger partial charge is 0.381 e. The molecule has 1 unspecified atom stereocenters. The summed E-state index contributed by atoms with van der Waals surface area (Å²) in [6, 6.07) is 0. The average Bonchev–Trinajstić information content (AvgIpc) is 2.29. The molecular weight excluding hydrogens is 220 g/mol. The van der Waals surface area contributed by atoms with Crippen molar-refractivity contribution in [3.8, 4) is 0 Å². The van der Waals surface area contributed by atoms with Crippen LogP contribution in [0.1, 0.15) is 86.0 Å². The minimum absolute atomic E-state index is 0.365. The van der Waals surface area contributed by atoms with Gasteiger partial charge in [0.15, 0.2) is 0 Å². The molecule has 0 N–H and O–H groups in total. The fraction of sp³-hybridized carbons (Fsp3) is 1.00. The van der Waals surface area contributed by atoms with Gasteiger partial charge in [0, 0.05) is 6.61 Å². The van der Waals surface area contributed by atoms with Gasteiger partial charge in [-0.1, -0.05) is 66.7 Å². The zero-order valence-electron chi connectivity index (χ0n) is 13.6. The molecule has 1 heteroatoms. The van der Waals surface area contributed by atoms with E-state index in [1.54, 1.807) is 0 Å². The van der Waals surface area contributed by atoms with E-state index in [0.717, 1.165) is 19.1 Å². The van der Waals surface area contributed by atoms with Gasteiger partial charge in [-0.25, -0.2) is 0 Å². The highest BCUT2D eigenvalue weighted by Crippen LogP contribution is 2.24. The summed E-state index contributed by atoms with van der Waals surface area (Å²) in [6.45, 7) is 13.4. The van der Waals surface area contributed by atoms with E-state index in [-0.39, 0.29) is 0 Å². The molecule has 0 aromatic rings. The molecule has 1 nitrogen and oxygen atoms in total. The molecule has 0 fully saturated rings. The van der Waals surface area contributed by atoms with E-state index in [1.807, 2.05) is 0 Å². The van der Waals surface area contributed by atoms with Crippen LogP contribution >= 0.6 is 0 Å². The Bertz CT molecular complexity index is 174. The highest BCUT2D eigenvalue weighted by atomic mass is 16.5. The summed E-state index contributed by atoms with van der Waals surface area (Å²) in [7, 11) is 0. The Morgan fingerprint density at radius 3 is 2.28 bits per heavy atom. The van der Waals surface area contributed by atoms with Gasteiger partial charge in [0.2, 0.25) is 0 Å². The fourth-order valence-corrected chi connectivity index (χ4v) is 2.45. The van der Waals surface area contributed by atoms with Crippen LogP contribution in [0, 0.1) is 11.3 Å². The van der Waals surface area contributed by atoms with Crippen molar-refractivity contribution in [2.45, 2.75) is 86.0 Å². The maximum atomic E-state index is 5.86. The molecule has 0 spiro atoms. The molecule has 0 rings (SSSR count). The van der Waals surface area contributed by atoms with E-state index in [2.05, 4.69) is 34.6 Å². The second kappa shape index (κ2) is 10.8. The molecule has 0 heterocycles. The van der Waals surface area contributed by atoms with Gasteiger partial charge < -0.3 is 4.74 Å². The third-order valence-electron chi connectivity index (χ3n) is 3.72. The summed E-state index contributed by atoms with van der Waals surface area (Å²) < 4.78 is 5.86. The van der Waals surface area contributed by atoms with E-state index in [0.29, 0.717) is 5.41 Å². The monoisotopic (exact) mass is 256 g/mol. The number of ether oxygens (including phenoxy) is 1. The van der Waals surface area contributed by atoms with Gasteiger partial charge in [-0.15, -0.1) is 0 Å². The number of rotatable bonds is 12. The van der Waals surface area contributed by atoms with E-state index in [9.17, 15) is 0 Å². The number of unbranched alkanes of at least 4 members (excludes halogenated alkanes) is 2. The van der Waals surface area contributed by atoms with Gasteiger partial charge in [0.1, 0.15) is 0 Å². The quantitative estimate of drug-likeness (QED) is 0.399. The average molecular weight is 256 g/mol. The van der Waals surface area contributed by atoms with E-state index in [1.165, 1.54) is 51.4 Å². The standard InChI is InChI=1S/C17H36O/c1-6-8-9-13-17(4,5)15-18-14-10-12-16(3)11-7-2/h16H,6-15H2,1-5H3. The van der Waals surface area contributed by atoms with Crippen LogP contribution in [0.4, 0.5) is 0 Å². The number of hydrogen-bond acceptors (Lipinski definition) is 1. The molecule has 0 saturated heterocycles. The summed E-state index contributed by atoms with van der Waals surface area (Å²) in [5.41, 5.74) is 0.365. The first-order valence-electron chi connectivity index (χ1n) is 8.09. The van der Waals surface area contributed by atoms with Crippen LogP contribution < -0.4 is 0 Å². The highest BCUT2D eigenvalue weighted by molar-refractivity contribution is 4.67. The first kappa shape index (κ1) is 18.0. The van der Waals surface area contributed by atoms with E-state index >= 15 is 0 Å². The van der Waals surface area contributed by atoms with Crippen LogP contribution in [0.15, 0.2) is 0 Å². The Morgan fingerprint density at radius 2 is 1.67 bits per heavy atom. The van der Waals surface area contributed by atoms with Crippen LogP contribution in [0.5, 0.6) is 0 Å². The van der Waals surface area contributed by atoms with Crippen molar-refractivity contribution in [2.24, 2.45) is 11.3 Å². The smallest absolute Gasteiger partial charge is 0.0517 e. The second-order valence-electron chi connectivity index (χ2n) is 6.71. The lowest BCUT2D eigenvalue weighted by atomic mass is 9.88. The third kappa shape index (κ3) is 11.1. The molecule has 0 aliphatic rings. The molecule has 0 aliphatic carbocycles. The minimum Gasteiger partial charge on any atom is -0.381 e. The Hall–Kier alpha value is -0.0400. The maximum Gasteiger partial charge on any atom is 0.0517 e. The van der Waals surface area contributed by atoms with Crippen LogP contribution in [-0.2, 0) is 4.74 Å². The second-order valence-corrected chi connectivity index (χ2v) is 6.71. The van der Waals surface area contributed by atoms with Gasteiger partial charge >= 0.3 is 0 Å². The lowest BCUT2D eigenvalue weighted by Gasteiger charge is -2.24. The number of hydrogen-bond donors (Lipinski definition) is 0. The van der Waals surface area contributed by atoms with Crippen molar-refractivity contribution in [3.05, 3.63) is 0 Å². The zero-order valence-corrected chi connectivity index (χ0v) is 13.6. The van der Waals surface area contributed by atoms with Crippen molar-refractivity contribution >= 4 is 0 Å². The van der Waals surface area contributed by atoms with Gasteiger partial charge in [-0.05, 0) is 30.6 Å². The zero-order chi connectivity index (χ0) is 13.9. The van der Waals surface area contributed by atoms with E-state index in [4.69, 9.17) is 4.74 Å². The third-order valence-corrected chi connectivity index (χ3v) is 3.72. The topological polar surface area (TPSA) is 9.23 Å². The van der Waals surface area contributed by atoms with Crippen molar-refractivity contribution in [2.75, 3.05) is 13.2 Å². The Morgan fingerprint density at radius 1 is 0.944 bits per heavy atom. The molecule has 0 saturated carbocycles. The molecule has 1 atom stereocenters. The van der Waals surface area contributed by atoms with Gasteiger partial charge in [0.05, 0.1) is 6.61 Å². The lowest BCUT2D eigenvalue weighted by molar-refractivity contribution is 0.0528. The summed E-state index contributed by atoms with van der Waals surface area (Å²) in [5.74, 6) is 0.871. The van der Waals surface area contributed by atoms with Gasteiger partial charge in [-0.3, -0.25) is 0 Å². The van der Waals surface area contributed by atoms with Gasteiger partial charge in [-0.2, -0.15) is 0 Å². The summed E-state index contributed by atoms with van der Waals surface area (Å²) >= 11 is 0. The van der Waals surface area contributed by atoms with Crippen molar-refractivity contribution in [1.29, 1.82) is 0 Å². The first-order valence-corrected chi connectivity index (χ1v) is 8.09. The molecule has 110 valence electrons. The summed E-state index contributed by atoms with van der Waals surface area (Å²) in [6.07, 6.45) is 10.5. The minimum atomic E-state index is 0.365. The molecule has 0 aliphatic heterocycles.